The van der Waals surface area contributed by atoms with Crippen LogP contribution in [0.15, 0.2) is 78.9 Å². The number of ether oxygens (including phenoxy) is 3. The van der Waals surface area contributed by atoms with Crippen molar-refractivity contribution in [2.75, 3.05) is 57.4 Å². The van der Waals surface area contributed by atoms with Gasteiger partial charge < -0.3 is 34.6 Å². The highest BCUT2D eigenvalue weighted by molar-refractivity contribution is 6.06. The fraction of sp³-hybridized carbons (Fsp3) is 0.324. The molecule has 0 aliphatic rings. The number of rotatable bonds is 12. The lowest BCUT2D eigenvalue weighted by molar-refractivity contribution is 0.0635. The maximum absolute atomic E-state index is 13.4. The molecule has 4 amide bonds. The molecule has 3 N–H and O–H groups in total. The number of nitrogens with one attached hydrogen (secondary N) is 3. The van der Waals surface area contributed by atoms with Gasteiger partial charge in [-0.15, -0.1) is 0 Å². The van der Waals surface area contributed by atoms with E-state index in [0.29, 0.717) is 47.2 Å². The van der Waals surface area contributed by atoms with Crippen molar-refractivity contribution in [3.05, 3.63) is 90.0 Å². The molecule has 11 nitrogen and oxygen atoms in total. The van der Waals surface area contributed by atoms with Gasteiger partial charge in [-0.3, -0.25) is 10.1 Å². The number of likely N-dealkylation sites (N-methyl/N-ethyl adjacent to an activating group) is 1. The average Bonchev–Trinajstić information content (AvgIpc) is 2.96. The van der Waals surface area contributed by atoms with E-state index in [2.05, 4.69) is 22.5 Å². The number of nitrogens with zero attached hydrogens (tertiary/aromatic N) is 2. The van der Waals surface area contributed by atoms with E-state index in [1.54, 1.807) is 99.5 Å². The molecule has 3 aromatic rings. The van der Waals surface area contributed by atoms with Crippen LogP contribution in [0.25, 0.3) is 0 Å². The molecule has 0 saturated heterocycles. The van der Waals surface area contributed by atoms with Crippen LogP contribution in [-0.2, 0) is 11.3 Å². The molecule has 240 valence electrons. The fourth-order valence-electron chi connectivity index (χ4n) is 4.37. The third-order valence-electron chi connectivity index (χ3n) is 6.28. The van der Waals surface area contributed by atoms with E-state index in [1.807, 2.05) is 19.0 Å². The highest BCUT2D eigenvalue weighted by Crippen LogP contribution is 2.30. The molecule has 0 aliphatic carbocycles. The number of hydrogen-bond donors (Lipinski definition) is 3. The van der Waals surface area contributed by atoms with Gasteiger partial charge in [0.15, 0.2) is 11.5 Å². The summed E-state index contributed by atoms with van der Waals surface area (Å²) in [4.78, 5) is 42.5. The van der Waals surface area contributed by atoms with Crippen LogP contribution in [0.3, 0.4) is 0 Å². The Balaban J connectivity index is 1.73. The number of carbonyl (C=O) groups is 3. The lowest BCUT2D eigenvalue weighted by Gasteiger charge is -2.25. The van der Waals surface area contributed by atoms with Gasteiger partial charge >= 0.3 is 12.1 Å². The van der Waals surface area contributed by atoms with Crippen molar-refractivity contribution in [1.29, 1.82) is 0 Å². The first-order valence-corrected chi connectivity index (χ1v) is 14.4. The lowest BCUT2D eigenvalue weighted by atomic mass is 10.1. The van der Waals surface area contributed by atoms with Crippen molar-refractivity contribution in [3.8, 4) is 11.5 Å². The summed E-state index contributed by atoms with van der Waals surface area (Å²) in [7, 11) is 6.96. The Morgan fingerprint density at radius 3 is 2.00 bits per heavy atom. The molecule has 0 aliphatic heterocycles. The van der Waals surface area contributed by atoms with E-state index >= 15 is 0 Å². The van der Waals surface area contributed by atoms with Crippen molar-refractivity contribution in [3.63, 3.8) is 0 Å². The van der Waals surface area contributed by atoms with Crippen molar-refractivity contribution >= 4 is 35.1 Å². The SMILES string of the molecule is C=C(CN(C)C)CN(Cc1ccc(C(=O)Nc2ccccc2NC(=O)OC(C)(C)C)cc1)C(=O)Nc1ccc(OC)c(OC)c1. The maximum Gasteiger partial charge on any atom is 0.412 e. The van der Waals surface area contributed by atoms with Crippen molar-refractivity contribution in [2.24, 2.45) is 0 Å². The Morgan fingerprint density at radius 1 is 0.800 bits per heavy atom. The second kappa shape index (κ2) is 15.6. The number of amides is 4. The van der Waals surface area contributed by atoms with E-state index in [9.17, 15) is 14.4 Å². The Morgan fingerprint density at radius 2 is 1.42 bits per heavy atom. The number of para-hydroxylation sites is 2. The summed E-state index contributed by atoms with van der Waals surface area (Å²) in [6.45, 7) is 10.7. The number of benzene rings is 3. The van der Waals surface area contributed by atoms with Gasteiger partial charge in [-0.05, 0) is 82.4 Å². The summed E-state index contributed by atoms with van der Waals surface area (Å²) in [5.41, 5.74) is 2.80. The molecule has 0 bridgehead atoms. The molecule has 3 rings (SSSR count). The molecular weight excluding hydrogens is 574 g/mol. The topological polar surface area (TPSA) is 121 Å². The second-order valence-electron chi connectivity index (χ2n) is 11.7. The average molecular weight is 618 g/mol. The standard InChI is InChI=1S/C34H43N5O6/c1-23(20-38(5)6)21-39(32(41)35-26-17-18-29(43-7)30(19-26)44-8)22-24-13-15-25(16-14-24)31(40)36-27-11-9-10-12-28(27)37-33(42)45-34(2,3)4/h9-19H,1,20-22H2,2-8H3,(H,35,41)(H,36,40)(H,37,42). The molecule has 0 atom stereocenters. The van der Waals surface area contributed by atoms with E-state index < -0.39 is 11.7 Å². The highest BCUT2D eigenvalue weighted by Gasteiger charge is 2.19. The van der Waals surface area contributed by atoms with E-state index in [-0.39, 0.29) is 18.5 Å². The van der Waals surface area contributed by atoms with E-state index in [1.165, 1.54) is 7.11 Å². The molecule has 0 radical (unpaired) electrons. The fourth-order valence-corrected chi connectivity index (χ4v) is 4.37. The summed E-state index contributed by atoms with van der Waals surface area (Å²) < 4.78 is 16.0. The molecule has 0 aromatic heterocycles. The minimum atomic E-state index is -0.664. The first-order chi connectivity index (χ1) is 21.3. The third kappa shape index (κ3) is 10.9. The van der Waals surface area contributed by atoms with Crippen LogP contribution in [0.4, 0.5) is 26.7 Å². The predicted octanol–water partition coefficient (Wildman–Crippen LogP) is 6.46. The zero-order chi connectivity index (χ0) is 33.1. The number of urea groups is 1. The van der Waals surface area contributed by atoms with Crippen molar-refractivity contribution in [2.45, 2.75) is 32.9 Å². The largest absolute Gasteiger partial charge is 0.493 e. The van der Waals surface area contributed by atoms with Crippen LogP contribution >= 0.6 is 0 Å². The monoisotopic (exact) mass is 617 g/mol. The molecule has 3 aromatic carbocycles. The van der Waals surface area contributed by atoms with Crippen LogP contribution in [0.2, 0.25) is 0 Å². The van der Waals surface area contributed by atoms with Crippen molar-refractivity contribution < 1.29 is 28.6 Å². The van der Waals surface area contributed by atoms with Gasteiger partial charge in [-0.25, -0.2) is 9.59 Å². The second-order valence-corrected chi connectivity index (χ2v) is 11.7. The van der Waals surface area contributed by atoms with Gasteiger partial charge in [0, 0.05) is 37.0 Å². The molecular formula is C34H43N5O6. The summed E-state index contributed by atoms with van der Waals surface area (Å²) in [6.07, 6.45) is -0.624. The lowest BCUT2D eigenvalue weighted by Crippen LogP contribution is -2.37. The Bertz CT molecular complexity index is 1500. The van der Waals surface area contributed by atoms with Gasteiger partial charge in [-0.2, -0.15) is 0 Å². The molecule has 45 heavy (non-hydrogen) atoms. The first-order valence-electron chi connectivity index (χ1n) is 14.4. The summed E-state index contributed by atoms with van der Waals surface area (Å²) in [6, 6.07) is 18.7. The maximum atomic E-state index is 13.4. The summed E-state index contributed by atoms with van der Waals surface area (Å²) in [5.74, 6) is 0.692. The van der Waals surface area contributed by atoms with E-state index in [4.69, 9.17) is 14.2 Å². The summed E-state index contributed by atoms with van der Waals surface area (Å²) >= 11 is 0. The molecule has 0 fully saturated rings. The molecule has 0 spiro atoms. The van der Waals surface area contributed by atoms with E-state index in [0.717, 1.165) is 11.1 Å². The highest BCUT2D eigenvalue weighted by atomic mass is 16.6. The Labute approximate surface area is 265 Å². The van der Waals surface area contributed by atoms with Crippen molar-refractivity contribution in [1.82, 2.24) is 9.80 Å². The third-order valence-corrected chi connectivity index (χ3v) is 6.28. The van der Waals surface area contributed by atoms with Crippen LogP contribution in [0, 0.1) is 0 Å². The molecule has 0 unspecified atom stereocenters. The number of carbonyl (C=O) groups excluding carboxylic acids is 3. The number of anilines is 3. The molecule has 0 saturated carbocycles. The molecule has 0 heterocycles. The zero-order valence-electron chi connectivity index (χ0n) is 27.0. The van der Waals surface area contributed by atoms with Gasteiger partial charge in [0.1, 0.15) is 5.60 Å². The minimum absolute atomic E-state index is 0.274. The van der Waals surface area contributed by atoms with Gasteiger partial charge in [-0.1, -0.05) is 30.8 Å². The minimum Gasteiger partial charge on any atom is -0.493 e. The quantitative estimate of drug-likeness (QED) is 0.200. The number of methoxy groups -OCH3 is 2. The smallest absolute Gasteiger partial charge is 0.412 e. The first kappa shape index (κ1) is 34.5. The predicted molar refractivity (Wildman–Crippen MR) is 177 cm³/mol. The van der Waals surface area contributed by atoms with Gasteiger partial charge in [0.25, 0.3) is 5.91 Å². The normalized spacial score (nSPS) is 10.9. The van der Waals surface area contributed by atoms with Crippen LogP contribution in [0.5, 0.6) is 11.5 Å². The van der Waals surface area contributed by atoms with Crippen LogP contribution < -0.4 is 25.4 Å². The van der Waals surface area contributed by atoms with Crippen LogP contribution in [-0.4, -0.2) is 74.8 Å². The Hall–Kier alpha value is -5.03. The van der Waals surface area contributed by atoms with Gasteiger partial charge in [0.05, 0.1) is 25.6 Å². The van der Waals surface area contributed by atoms with Gasteiger partial charge in [0.2, 0.25) is 0 Å². The zero-order valence-corrected chi connectivity index (χ0v) is 27.0. The molecule has 11 heteroatoms. The summed E-state index contributed by atoms with van der Waals surface area (Å²) in [5, 5.41) is 8.45. The Kier molecular flexibility index (Phi) is 12.0. The van der Waals surface area contributed by atoms with Crippen LogP contribution in [0.1, 0.15) is 36.7 Å². The number of hydrogen-bond acceptors (Lipinski definition) is 7.